The summed E-state index contributed by atoms with van der Waals surface area (Å²) >= 11 is 0. The molecule has 0 radical (unpaired) electrons. The van der Waals surface area contributed by atoms with E-state index in [9.17, 15) is 23.3 Å². The number of benzene rings is 1. The first-order chi connectivity index (χ1) is 12.8. The summed E-state index contributed by atoms with van der Waals surface area (Å²) in [5, 5.41) is 13.8. The van der Waals surface area contributed by atoms with E-state index in [0.29, 0.717) is 11.1 Å². The molecule has 0 saturated heterocycles. The summed E-state index contributed by atoms with van der Waals surface area (Å²) in [5.41, 5.74) is -0.566. The molecule has 138 valence electrons. The zero-order valence-electron chi connectivity index (χ0n) is 13.6. The maximum absolute atomic E-state index is 13.2. The molecular formula is C17H12F3N5O2. The van der Waals surface area contributed by atoms with E-state index < -0.39 is 16.8 Å². The SMILES string of the molecule is O=[N+]([O-])c1ccccc1CNc1cc(C(F)(F)F)nc(-c2ccncc2)n1. The third-order valence-electron chi connectivity index (χ3n) is 3.60. The highest BCUT2D eigenvalue weighted by Crippen LogP contribution is 2.31. The minimum Gasteiger partial charge on any atom is -0.366 e. The first kappa shape index (κ1) is 18.2. The van der Waals surface area contributed by atoms with Crippen LogP contribution in [0, 0.1) is 10.1 Å². The number of nitrogens with one attached hydrogen (secondary N) is 1. The van der Waals surface area contributed by atoms with Crippen LogP contribution in [-0.4, -0.2) is 19.9 Å². The first-order valence-electron chi connectivity index (χ1n) is 7.67. The van der Waals surface area contributed by atoms with Crippen molar-refractivity contribution in [3.8, 4) is 11.4 Å². The topological polar surface area (TPSA) is 93.8 Å². The van der Waals surface area contributed by atoms with Gasteiger partial charge in [0.15, 0.2) is 11.5 Å². The van der Waals surface area contributed by atoms with E-state index in [4.69, 9.17) is 0 Å². The number of nitro groups is 1. The van der Waals surface area contributed by atoms with Crippen molar-refractivity contribution >= 4 is 11.5 Å². The molecule has 0 aliphatic rings. The van der Waals surface area contributed by atoms with Crippen molar-refractivity contribution in [2.24, 2.45) is 0 Å². The summed E-state index contributed by atoms with van der Waals surface area (Å²) in [5.74, 6) is -0.223. The van der Waals surface area contributed by atoms with Gasteiger partial charge in [0.05, 0.1) is 4.92 Å². The number of pyridine rings is 1. The van der Waals surface area contributed by atoms with Crippen molar-refractivity contribution < 1.29 is 18.1 Å². The highest BCUT2D eigenvalue weighted by Gasteiger charge is 2.34. The lowest BCUT2D eigenvalue weighted by atomic mass is 10.2. The molecule has 0 aliphatic heterocycles. The van der Waals surface area contributed by atoms with Gasteiger partial charge in [-0.3, -0.25) is 15.1 Å². The molecule has 1 N–H and O–H groups in total. The summed E-state index contributed by atoms with van der Waals surface area (Å²) in [7, 11) is 0. The molecule has 0 amide bonds. The number of hydrogen-bond acceptors (Lipinski definition) is 6. The summed E-state index contributed by atoms with van der Waals surface area (Å²) in [6.07, 6.45) is -1.83. The van der Waals surface area contributed by atoms with E-state index in [1.54, 1.807) is 6.07 Å². The van der Waals surface area contributed by atoms with Crippen LogP contribution < -0.4 is 5.32 Å². The highest BCUT2D eigenvalue weighted by molar-refractivity contribution is 5.57. The Balaban J connectivity index is 1.95. The van der Waals surface area contributed by atoms with Gasteiger partial charge in [-0.25, -0.2) is 9.97 Å². The van der Waals surface area contributed by atoms with Gasteiger partial charge in [0, 0.05) is 42.2 Å². The third-order valence-corrected chi connectivity index (χ3v) is 3.60. The molecule has 2 heterocycles. The highest BCUT2D eigenvalue weighted by atomic mass is 19.4. The van der Waals surface area contributed by atoms with Crippen LogP contribution >= 0.6 is 0 Å². The normalized spacial score (nSPS) is 11.2. The van der Waals surface area contributed by atoms with Crippen molar-refractivity contribution in [3.05, 3.63) is 76.2 Å². The number of anilines is 1. The summed E-state index contributed by atoms with van der Waals surface area (Å²) < 4.78 is 39.5. The first-order valence-corrected chi connectivity index (χ1v) is 7.67. The molecule has 0 spiro atoms. The van der Waals surface area contributed by atoms with Crippen LogP contribution in [0.3, 0.4) is 0 Å². The van der Waals surface area contributed by atoms with Crippen LogP contribution in [0.4, 0.5) is 24.7 Å². The molecular weight excluding hydrogens is 363 g/mol. The van der Waals surface area contributed by atoms with Crippen LogP contribution in [-0.2, 0) is 12.7 Å². The molecule has 3 rings (SSSR count). The molecule has 0 atom stereocenters. The lowest BCUT2D eigenvalue weighted by Gasteiger charge is -2.12. The van der Waals surface area contributed by atoms with Crippen LogP contribution in [0.15, 0.2) is 54.9 Å². The molecule has 3 aromatic rings. The van der Waals surface area contributed by atoms with E-state index in [-0.39, 0.29) is 23.9 Å². The molecule has 0 aliphatic carbocycles. The molecule has 7 nitrogen and oxygen atoms in total. The second kappa shape index (κ2) is 7.36. The van der Waals surface area contributed by atoms with Gasteiger partial charge in [0.25, 0.3) is 5.69 Å². The molecule has 2 aromatic heterocycles. The van der Waals surface area contributed by atoms with Crippen molar-refractivity contribution in [3.63, 3.8) is 0 Å². The Hall–Kier alpha value is -3.56. The van der Waals surface area contributed by atoms with Crippen molar-refractivity contribution in [2.75, 3.05) is 5.32 Å². The van der Waals surface area contributed by atoms with Crippen LogP contribution in [0.1, 0.15) is 11.3 Å². The van der Waals surface area contributed by atoms with Crippen molar-refractivity contribution in [2.45, 2.75) is 12.7 Å². The summed E-state index contributed by atoms with van der Waals surface area (Å²) in [4.78, 5) is 22.0. The second-order valence-corrected chi connectivity index (χ2v) is 5.44. The van der Waals surface area contributed by atoms with Crippen LogP contribution in [0.5, 0.6) is 0 Å². The standard InChI is InChI=1S/C17H12F3N5O2/c18-17(19,20)14-9-15(24-16(23-14)11-5-7-21-8-6-11)22-10-12-3-1-2-4-13(12)25(26)27/h1-9H,10H2,(H,22,23,24). The van der Waals surface area contributed by atoms with Gasteiger partial charge in [-0.15, -0.1) is 0 Å². The zero-order chi connectivity index (χ0) is 19.4. The molecule has 0 saturated carbocycles. The maximum atomic E-state index is 13.2. The molecule has 10 heteroatoms. The van der Waals surface area contributed by atoms with Gasteiger partial charge in [0.1, 0.15) is 5.82 Å². The monoisotopic (exact) mass is 375 g/mol. The third kappa shape index (κ3) is 4.35. The molecule has 0 bridgehead atoms. The van der Waals surface area contributed by atoms with E-state index in [0.717, 1.165) is 6.07 Å². The van der Waals surface area contributed by atoms with E-state index in [1.807, 2.05) is 0 Å². The van der Waals surface area contributed by atoms with Gasteiger partial charge >= 0.3 is 6.18 Å². The van der Waals surface area contributed by atoms with Gasteiger partial charge in [-0.05, 0) is 12.1 Å². The number of para-hydroxylation sites is 1. The van der Waals surface area contributed by atoms with Gasteiger partial charge in [-0.1, -0.05) is 18.2 Å². The number of alkyl halides is 3. The van der Waals surface area contributed by atoms with Crippen molar-refractivity contribution in [1.82, 2.24) is 15.0 Å². The Morgan fingerprint density at radius 2 is 1.78 bits per heavy atom. The van der Waals surface area contributed by atoms with E-state index in [2.05, 4.69) is 20.3 Å². The minimum atomic E-state index is -4.67. The largest absolute Gasteiger partial charge is 0.433 e. The minimum absolute atomic E-state index is 0.0682. The van der Waals surface area contributed by atoms with Gasteiger partial charge in [-0.2, -0.15) is 13.2 Å². The number of rotatable bonds is 5. The average Bonchev–Trinajstić information content (AvgIpc) is 2.66. The van der Waals surface area contributed by atoms with Crippen molar-refractivity contribution in [1.29, 1.82) is 0 Å². The predicted octanol–water partition coefficient (Wildman–Crippen LogP) is 4.08. The Morgan fingerprint density at radius 1 is 1.07 bits per heavy atom. The lowest BCUT2D eigenvalue weighted by Crippen LogP contribution is -2.12. The predicted molar refractivity (Wildman–Crippen MR) is 90.7 cm³/mol. The average molecular weight is 375 g/mol. The Bertz CT molecular complexity index is 964. The van der Waals surface area contributed by atoms with Gasteiger partial charge < -0.3 is 5.32 Å². The zero-order valence-corrected chi connectivity index (χ0v) is 13.6. The number of nitro benzene ring substituents is 1. The molecule has 1 aromatic carbocycles. The number of halogens is 3. The fourth-order valence-electron chi connectivity index (χ4n) is 2.34. The lowest BCUT2D eigenvalue weighted by molar-refractivity contribution is -0.385. The van der Waals surface area contributed by atoms with Crippen LogP contribution in [0.2, 0.25) is 0 Å². The Morgan fingerprint density at radius 3 is 2.44 bits per heavy atom. The quantitative estimate of drug-likeness (QED) is 0.533. The molecule has 27 heavy (non-hydrogen) atoms. The van der Waals surface area contributed by atoms with Crippen LogP contribution in [0.25, 0.3) is 11.4 Å². The fraction of sp³-hybridized carbons (Fsp3) is 0.118. The Kier molecular flexibility index (Phi) is 4.97. The van der Waals surface area contributed by atoms with E-state index >= 15 is 0 Å². The number of hydrogen-bond donors (Lipinski definition) is 1. The number of aromatic nitrogens is 3. The smallest absolute Gasteiger partial charge is 0.366 e. The number of nitrogens with zero attached hydrogens (tertiary/aromatic N) is 4. The molecule has 0 unspecified atom stereocenters. The van der Waals surface area contributed by atoms with E-state index in [1.165, 1.54) is 42.7 Å². The van der Waals surface area contributed by atoms with Gasteiger partial charge in [0.2, 0.25) is 0 Å². The second-order valence-electron chi connectivity index (χ2n) is 5.44. The Labute approximate surface area is 151 Å². The maximum Gasteiger partial charge on any atom is 0.433 e. The molecule has 0 fully saturated rings. The summed E-state index contributed by atoms with van der Waals surface area (Å²) in [6.45, 7) is -0.0682. The summed E-state index contributed by atoms with van der Waals surface area (Å²) in [6, 6.07) is 9.69. The fourth-order valence-corrected chi connectivity index (χ4v) is 2.34.